The van der Waals surface area contributed by atoms with Gasteiger partial charge in [-0.1, -0.05) is 23.7 Å². The standard InChI is InChI=1S/C20H21ClN2O7S/c1-31(27,28)30-16-7-4-14(5-8-16)12-22(13-17-3-2-10-29-17)20(24)18-9-6-15(23(25)26)11-19(18)21/h4-9,11,17H,2-3,10,12-13H2,1H3. The average molecular weight is 469 g/mol. The van der Waals surface area contributed by atoms with Gasteiger partial charge in [0.1, 0.15) is 5.75 Å². The summed E-state index contributed by atoms with van der Waals surface area (Å²) in [7, 11) is -3.64. The summed E-state index contributed by atoms with van der Waals surface area (Å²) in [5.41, 5.74) is 0.696. The summed E-state index contributed by atoms with van der Waals surface area (Å²) in [6, 6.07) is 10.1. The number of carbonyl (C=O) groups is 1. The maximum absolute atomic E-state index is 13.2. The van der Waals surface area contributed by atoms with Crippen LogP contribution in [0.2, 0.25) is 5.02 Å². The summed E-state index contributed by atoms with van der Waals surface area (Å²) in [6.45, 7) is 1.17. The first-order valence-electron chi connectivity index (χ1n) is 9.45. The van der Waals surface area contributed by atoms with Crippen LogP contribution in [0, 0.1) is 10.1 Å². The Morgan fingerprint density at radius 1 is 1.29 bits per heavy atom. The SMILES string of the molecule is CS(=O)(=O)Oc1ccc(CN(CC2CCCO2)C(=O)c2ccc([N+](=O)[O-])cc2Cl)cc1. The highest BCUT2D eigenvalue weighted by Gasteiger charge is 2.26. The third kappa shape index (κ3) is 6.39. The van der Waals surface area contributed by atoms with Gasteiger partial charge in [0, 0.05) is 31.8 Å². The molecule has 0 bridgehead atoms. The van der Waals surface area contributed by atoms with Crippen molar-refractivity contribution in [3.63, 3.8) is 0 Å². The molecule has 2 aromatic carbocycles. The first-order valence-corrected chi connectivity index (χ1v) is 11.6. The van der Waals surface area contributed by atoms with Crippen LogP contribution in [0.15, 0.2) is 42.5 Å². The summed E-state index contributed by atoms with van der Waals surface area (Å²) >= 11 is 6.16. The van der Waals surface area contributed by atoms with Crippen LogP contribution in [0.3, 0.4) is 0 Å². The molecule has 1 fully saturated rings. The molecule has 1 saturated heterocycles. The zero-order chi connectivity index (χ0) is 22.6. The Morgan fingerprint density at radius 2 is 2.00 bits per heavy atom. The van der Waals surface area contributed by atoms with Gasteiger partial charge in [0.15, 0.2) is 0 Å². The normalized spacial score (nSPS) is 16.1. The second-order valence-corrected chi connectivity index (χ2v) is 9.16. The van der Waals surface area contributed by atoms with Gasteiger partial charge in [0.2, 0.25) is 0 Å². The van der Waals surface area contributed by atoms with Gasteiger partial charge >= 0.3 is 10.1 Å². The predicted octanol–water partition coefficient (Wildman–Crippen LogP) is 3.41. The van der Waals surface area contributed by atoms with Crippen LogP contribution in [-0.4, -0.2) is 49.7 Å². The smallest absolute Gasteiger partial charge is 0.306 e. The zero-order valence-corrected chi connectivity index (χ0v) is 18.3. The monoisotopic (exact) mass is 468 g/mol. The van der Waals surface area contributed by atoms with Crippen LogP contribution in [0.1, 0.15) is 28.8 Å². The van der Waals surface area contributed by atoms with Crippen LogP contribution in [-0.2, 0) is 21.4 Å². The molecule has 31 heavy (non-hydrogen) atoms. The lowest BCUT2D eigenvalue weighted by Gasteiger charge is -2.26. The maximum atomic E-state index is 13.2. The van der Waals surface area contributed by atoms with Gasteiger partial charge in [-0.05, 0) is 36.6 Å². The van der Waals surface area contributed by atoms with E-state index in [0.29, 0.717) is 13.2 Å². The molecule has 11 heteroatoms. The number of hydrogen-bond donors (Lipinski definition) is 0. The van der Waals surface area contributed by atoms with Gasteiger partial charge in [-0.25, -0.2) is 0 Å². The predicted molar refractivity (Wildman–Crippen MR) is 114 cm³/mol. The minimum absolute atomic E-state index is 0.00607. The van der Waals surface area contributed by atoms with Gasteiger partial charge in [0.25, 0.3) is 11.6 Å². The van der Waals surface area contributed by atoms with Gasteiger partial charge in [0.05, 0.1) is 27.9 Å². The Kier molecular flexibility index (Phi) is 7.14. The molecule has 0 N–H and O–H groups in total. The molecule has 1 amide bonds. The second-order valence-electron chi connectivity index (χ2n) is 7.17. The number of hydrogen-bond acceptors (Lipinski definition) is 7. The summed E-state index contributed by atoms with van der Waals surface area (Å²) in [6.07, 6.45) is 2.56. The molecule has 1 heterocycles. The minimum atomic E-state index is -3.64. The molecule has 0 aromatic heterocycles. The van der Waals surface area contributed by atoms with E-state index in [1.807, 2.05) is 0 Å². The number of benzene rings is 2. The molecule has 2 aromatic rings. The van der Waals surface area contributed by atoms with E-state index in [2.05, 4.69) is 0 Å². The number of nitro benzene ring substituents is 1. The molecule has 0 aliphatic carbocycles. The molecule has 0 spiro atoms. The van der Waals surface area contributed by atoms with Gasteiger partial charge in [-0.3, -0.25) is 14.9 Å². The highest BCUT2D eigenvalue weighted by Crippen LogP contribution is 2.26. The highest BCUT2D eigenvalue weighted by molar-refractivity contribution is 7.86. The van der Waals surface area contributed by atoms with Crippen molar-refractivity contribution in [2.75, 3.05) is 19.4 Å². The molecule has 1 unspecified atom stereocenters. The summed E-state index contributed by atoms with van der Waals surface area (Å²) in [5, 5.41) is 10.9. The third-order valence-electron chi connectivity index (χ3n) is 4.67. The molecule has 166 valence electrons. The number of amides is 1. The van der Waals surface area contributed by atoms with Crippen LogP contribution >= 0.6 is 11.6 Å². The second kappa shape index (κ2) is 9.63. The largest absolute Gasteiger partial charge is 0.383 e. The van der Waals surface area contributed by atoms with Crippen molar-refractivity contribution in [1.29, 1.82) is 0 Å². The van der Waals surface area contributed by atoms with Crippen LogP contribution < -0.4 is 4.18 Å². The Morgan fingerprint density at radius 3 is 2.55 bits per heavy atom. The lowest BCUT2D eigenvalue weighted by atomic mass is 10.1. The highest BCUT2D eigenvalue weighted by atomic mass is 35.5. The quantitative estimate of drug-likeness (QED) is 0.331. The fourth-order valence-electron chi connectivity index (χ4n) is 3.26. The molecule has 0 radical (unpaired) electrons. The van der Waals surface area contributed by atoms with Crippen molar-refractivity contribution in [3.8, 4) is 5.75 Å². The van der Waals surface area contributed by atoms with Crippen LogP contribution in [0.25, 0.3) is 0 Å². The summed E-state index contributed by atoms with van der Waals surface area (Å²) in [5.74, 6) is -0.214. The first-order chi connectivity index (χ1) is 14.6. The van der Waals surface area contributed by atoms with Gasteiger partial charge in [-0.2, -0.15) is 8.42 Å². The summed E-state index contributed by atoms with van der Waals surface area (Å²) < 4.78 is 33.0. The van der Waals surface area contributed by atoms with Crippen molar-refractivity contribution < 1.29 is 27.1 Å². The molecule has 1 aliphatic heterocycles. The number of nitrogens with zero attached hydrogens (tertiary/aromatic N) is 2. The van der Waals surface area contributed by atoms with Crippen molar-refractivity contribution in [2.24, 2.45) is 0 Å². The number of halogens is 1. The Labute approximate surface area is 184 Å². The average Bonchev–Trinajstić information content (AvgIpc) is 3.20. The maximum Gasteiger partial charge on any atom is 0.306 e. The Hall–Kier alpha value is -2.69. The number of nitro groups is 1. The number of ether oxygens (including phenoxy) is 1. The molecule has 0 saturated carbocycles. The van der Waals surface area contributed by atoms with E-state index in [1.54, 1.807) is 17.0 Å². The van der Waals surface area contributed by atoms with Crippen molar-refractivity contribution >= 4 is 33.3 Å². The number of non-ortho nitro benzene ring substituents is 1. The lowest BCUT2D eigenvalue weighted by molar-refractivity contribution is -0.384. The zero-order valence-electron chi connectivity index (χ0n) is 16.7. The van der Waals surface area contributed by atoms with E-state index >= 15 is 0 Å². The van der Waals surface area contributed by atoms with E-state index in [1.165, 1.54) is 24.3 Å². The minimum Gasteiger partial charge on any atom is -0.383 e. The first kappa shape index (κ1) is 23.0. The molecular formula is C20H21ClN2O7S. The van der Waals surface area contributed by atoms with Gasteiger partial charge in [-0.15, -0.1) is 0 Å². The van der Waals surface area contributed by atoms with Crippen LogP contribution in [0.5, 0.6) is 5.75 Å². The number of rotatable bonds is 8. The van der Waals surface area contributed by atoms with E-state index in [-0.39, 0.29) is 40.6 Å². The van der Waals surface area contributed by atoms with E-state index in [4.69, 9.17) is 20.5 Å². The van der Waals surface area contributed by atoms with Gasteiger partial charge < -0.3 is 13.8 Å². The fourth-order valence-corrected chi connectivity index (χ4v) is 3.98. The van der Waals surface area contributed by atoms with E-state index < -0.39 is 15.0 Å². The lowest BCUT2D eigenvalue weighted by Crippen LogP contribution is -2.37. The Balaban J connectivity index is 1.82. The van der Waals surface area contributed by atoms with Crippen LogP contribution in [0.4, 0.5) is 5.69 Å². The summed E-state index contributed by atoms with van der Waals surface area (Å²) in [4.78, 5) is 25.1. The van der Waals surface area contributed by atoms with Crippen molar-refractivity contribution in [1.82, 2.24) is 4.90 Å². The van der Waals surface area contributed by atoms with Crippen molar-refractivity contribution in [3.05, 3.63) is 68.7 Å². The van der Waals surface area contributed by atoms with E-state index in [0.717, 1.165) is 30.7 Å². The molecular weight excluding hydrogens is 448 g/mol. The molecule has 1 atom stereocenters. The fraction of sp³-hybridized carbons (Fsp3) is 0.350. The third-order valence-corrected chi connectivity index (χ3v) is 5.48. The molecule has 1 aliphatic rings. The molecule has 9 nitrogen and oxygen atoms in total. The molecule has 3 rings (SSSR count). The number of carbonyl (C=O) groups excluding carboxylic acids is 1. The van der Waals surface area contributed by atoms with Crippen molar-refractivity contribution in [2.45, 2.75) is 25.5 Å². The van der Waals surface area contributed by atoms with E-state index in [9.17, 15) is 23.3 Å². The topological polar surface area (TPSA) is 116 Å². The Bertz CT molecular complexity index is 1070.